The van der Waals surface area contributed by atoms with E-state index in [-0.39, 0.29) is 17.1 Å². The van der Waals surface area contributed by atoms with Gasteiger partial charge in [-0.3, -0.25) is 9.59 Å². The normalized spacial score (nSPS) is 23.2. The van der Waals surface area contributed by atoms with E-state index in [9.17, 15) is 22.8 Å². The van der Waals surface area contributed by atoms with Crippen molar-refractivity contribution in [2.45, 2.75) is 18.6 Å². The molecule has 0 spiro atoms. The molecule has 2 saturated heterocycles. The number of benzene rings is 1. The van der Waals surface area contributed by atoms with Crippen molar-refractivity contribution in [1.29, 1.82) is 0 Å². The number of quaternary nitrogens is 1. The van der Waals surface area contributed by atoms with Gasteiger partial charge in [0.1, 0.15) is 13.1 Å². The van der Waals surface area contributed by atoms with E-state index in [1.54, 1.807) is 0 Å². The molecule has 0 aromatic heterocycles. The third kappa shape index (κ3) is 3.13. The number of nitrogens with one attached hydrogen (secondary N) is 1. The highest BCUT2D eigenvalue weighted by molar-refractivity contribution is 6.36. The van der Waals surface area contributed by atoms with Crippen molar-refractivity contribution in [3.63, 3.8) is 0 Å². The van der Waals surface area contributed by atoms with Gasteiger partial charge in [-0.1, -0.05) is 11.6 Å². The van der Waals surface area contributed by atoms with Gasteiger partial charge < -0.3 is 9.64 Å². The van der Waals surface area contributed by atoms with E-state index in [4.69, 9.17) is 16.3 Å². The van der Waals surface area contributed by atoms with Gasteiger partial charge in [-0.25, -0.2) is 4.90 Å². The lowest BCUT2D eigenvalue weighted by Crippen LogP contribution is -3.18. The van der Waals surface area contributed by atoms with Crippen molar-refractivity contribution in [3.05, 3.63) is 28.8 Å². The zero-order valence-electron chi connectivity index (χ0n) is 12.5. The van der Waals surface area contributed by atoms with Crippen LogP contribution in [-0.4, -0.2) is 44.2 Å². The summed E-state index contributed by atoms with van der Waals surface area (Å²) in [5.41, 5.74) is -1.17. The molecule has 24 heavy (non-hydrogen) atoms. The highest BCUT2D eigenvalue weighted by atomic mass is 35.5. The van der Waals surface area contributed by atoms with E-state index in [0.29, 0.717) is 26.3 Å². The number of amides is 2. The molecule has 2 amide bonds. The molecule has 130 valence electrons. The fourth-order valence-corrected chi connectivity index (χ4v) is 3.25. The van der Waals surface area contributed by atoms with Gasteiger partial charge in [-0.15, -0.1) is 0 Å². The summed E-state index contributed by atoms with van der Waals surface area (Å²) in [6, 6.07) is 2.01. The van der Waals surface area contributed by atoms with Crippen LogP contribution in [0.2, 0.25) is 5.02 Å². The summed E-state index contributed by atoms with van der Waals surface area (Å²) in [7, 11) is 0. The number of alkyl halides is 3. The minimum absolute atomic E-state index is 0.0409. The van der Waals surface area contributed by atoms with E-state index in [1.807, 2.05) is 0 Å². The fourth-order valence-electron chi connectivity index (χ4n) is 3.05. The van der Waals surface area contributed by atoms with Crippen LogP contribution in [0.5, 0.6) is 0 Å². The molecule has 1 atom stereocenters. The molecule has 2 aliphatic rings. The molecule has 5 nitrogen and oxygen atoms in total. The van der Waals surface area contributed by atoms with Crippen LogP contribution in [0, 0.1) is 0 Å². The Labute approximate surface area is 140 Å². The smallest absolute Gasteiger partial charge is 0.370 e. The minimum atomic E-state index is -4.58. The number of hydrogen-bond acceptors (Lipinski definition) is 3. The molecule has 2 aliphatic heterocycles. The molecule has 0 unspecified atom stereocenters. The molecule has 0 bridgehead atoms. The molecular weight excluding hydrogens is 349 g/mol. The van der Waals surface area contributed by atoms with Crippen LogP contribution in [0.4, 0.5) is 18.9 Å². The van der Waals surface area contributed by atoms with E-state index < -0.39 is 29.6 Å². The zero-order valence-corrected chi connectivity index (χ0v) is 13.3. The summed E-state index contributed by atoms with van der Waals surface area (Å²) in [6.45, 7) is 2.12. The van der Waals surface area contributed by atoms with E-state index in [2.05, 4.69) is 0 Å². The molecule has 1 aromatic rings. The van der Waals surface area contributed by atoms with Crippen LogP contribution >= 0.6 is 11.6 Å². The number of rotatable bonds is 2. The van der Waals surface area contributed by atoms with Gasteiger partial charge >= 0.3 is 6.18 Å². The average Bonchev–Trinajstić information content (AvgIpc) is 2.83. The third-order valence-corrected chi connectivity index (χ3v) is 4.61. The summed E-state index contributed by atoms with van der Waals surface area (Å²) in [5, 5.41) is -0.0673. The van der Waals surface area contributed by atoms with Gasteiger partial charge in [0.2, 0.25) is 5.91 Å². The van der Waals surface area contributed by atoms with Crippen LogP contribution in [0.15, 0.2) is 18.2 Å². The maximum Gasteiger partial charge on any atom is 0.416 e. The van der Waals surface area contributed by atoms with Crippen molar-refractivity contribution >= 4 is 29.1 Å². The number of anilines is 1. The van der Waals surface area contributed by atoms with E-state index in [0.717, 1.165) is 28.0 Å². The summed E-state index contributed by atoms with van der Waals surface area (Å²) in [6.07, 6.45) is -4.62. The maximum absolute atomic E-state index is 12.9. The Balaban J connectivity index is 1.91. The number of morpholine rings is 1. The first-order valence-electron chi connectivity index (χ1n) is 7.45. The lowest BCUT2D eigenvalue weighted by atomic mass is 10.1. The number of carbonyl (C=O) groups excluding carboxylic acids is 2. The Bertz CT molecular complexity index is 674. The van der Waals surface area contributed by atoms with Crippen LogP contribution in [0.25, 0.3) is 0 Å². The number of halogens is 4. The van der Waals surface area contributed by atoms with Gasteiger partial charge in [0.05, 0.1) is 35.9 Å². The molecule has 2 heterocycles. The van der Waals surface area contributed by atoms with Gasteiger partial charge in [-0.05, 0) is 18.2 Å². The molecule has 3 rings (SSSR count). The molecule has 1 aromatic carbocycles. The predicted octanol–water partition coefficient (Wildman–Crippen LogP) is 0.906. The van der Waals surface area contributed by atoms with Crippen molar-refractivity contribution in [2.75, 3.05) is 31.2 Å². The predicted molar refractivity (Wildman–Crippen MR) is 78.9 cm³/mol. The summed E-state index contributed by atoms with van der Waals surface area (Å²) >= 11 is 5.95. The topological polar surface area (TPSA) is 51.1 Å². The Morgan fingerprint density at radius 3 is 2.50 bits per heavy atom. The summed E-state index contributed by atoms with van der Waals surface area (Å²) in [4.78, 5) is 26.6. The van der Waals surface area contributed by atoms with Crippen LogP contribution < -0.4 is 9.80 Å². The summed E-state index contributed by atoms with van der Waals surface area (Å²) < 4.78 is 43.9. The van der Waals surface area contributed by atoms with Crippen molar-refractivity contribution in [2.24, 2.45) is 0 Å². The average molecular weight is 364 g/mol. The Morgan fingerprint density at radius 2 is 1.88 bits per heavy atom. The lowest BCUT2D eigenvalue weighted by Gasteiger charge is -2.27. The van der Waals surface area contributed by atoms with Gasteiger partial charge in [0.25, 0.3) is 5.91 Å². The van der Waals surface area contributed by atoms with Gasteiger partial charge in [0.15, 0.2) is 6.04 Å². The third-order valence-electron chi connectivity index (χ3n) is 4.29. The Kier molecular flexibility index (Phi) is 4.54. The van der Waals surface area contributed by atoms with E-state index in [1.165, 1.54) is 0 Å². The van der Waals surface area contributed by atoms with Crippen LogP contribution in [-0.2, 0) is 20.5 Å². The Morgan fingerprint density at radius 1 is 1.21 bits per heavy atom. The molecule has 1 N–H and O–H groups in total. The highest BCUT2D eigenvalue weighted by Crippen LogP contribution is 2.36. The molecule has 9 heteroatoms. The molecule has 0 saturated carbocycles. The SMILES string of the molecule is O=C1C[C@@H]([NH+]2CCOCC2)C(=O)N1c1cc(C(F)(F)F)ccc1Cl. The first kappa shape index (κ1) is 17.2. The monoisotopic (exact) mass is 363 g/mol. The highest BCUT2D eigenvalue weighted by Gasteiger charge is 2.47. The van der Waals surface area contributed by atoms with Crippen LogP contribution in [0.3, 0.4) is 0 Å². The van der Waals surface area contributed by atoms with Gasteiger partial charge in [-0.2, -0.15) is 13.2 Å². The number of nitrogens with zero attached hydrogens (tertiary/aromatic N) is 1. The van der Waals surface area contributed by atoms with E-state index >= 15 is 0 Å². The van der Waals surface area contributed by atoms with Crippen molar-refractivity contribution in [3.8, 4) is 0 Å². The second-order valence-corrected chi connectivity index (χ2v) is 6.17. The van der Waals surface area contributed by atoms with Gasteiger partial charge in [0, 0.05) is 0 Å². The first-order valence-corrected chi connectivity index (χ1v) is 7.82. The second-order valence-electron chi connectivity index (χ2n) is 5.76. The number of hydrogen-bond donors (Lipinski definition) is 1. The largest absolute Gasteiger partial charge is 0.416 e. The second kappa shape index (κ2) is 6.34. The maximum atomic E-state index is 12.9. The fraction of sp³-hybridized carbons (Fsp3) is 0.467. The molecular formula is C15H15ClF3N2O3+. The van der Waals surface area contributed by atoms with Crippen molar-refractivity contribution < 1.29 is 32.4 Å². The number of imide groups is 1. The standard InChI is InChI=1S/C15H14ClF3N2O3/c16-10-2-1-9(15(17,18)19)7-11(10)21-13(22)8-12(14(21)23)20-3-5-24-6-4-20/h1-2,7,12H,3-6,8H2/p+1/t12-/m1/s1. The minimum Gasteiger partial charge on any atom is -0.370 e. The number of ether oxygens (including phenoxy) is 1. The first-order chi connectivity index (χ1) is 11.3. The molecule has 2 fully saturated rings. The Hall–Kier alpha value is -1.64. The summed E-state index contributed by atoms with van der Waals surface area (Å²) in [5.74, 6) is -1.05. The van der Waals surface area contributed by atoms with Crippen LogP contribution in [0.1, 0.15) is 12.0 Å². The van der Waals surface area contributed by atoms with Crippen molar-refractivity contribution in [1.82, 2.24) is 0 Å². The zero-order chi connectivity index (χ0) is 17.5. The lowest BCUT2D eigenvalue weighted by molar-refractivity contribution is -0.922. The number of carbonyl (C=O) groups is 2. The molecule has 0 aliphatic carbocycles. The quantitative estimate of drug-likeness (QED) is 0.795. The molecule has 0 radical (unpaired) electrons.